The number of anilines is 2. The lowest BCUT2D eigenvalue weighted by Crippen LogP contribution is -2.10. The smallest absolute Gasteiger partial charge is 0.135 e. The number of benzene rings is 1. The van der Waals surface area contributed by atoms with Crippen LogP contribution in [-0.4, -0.2) is 16.5 Å². The number of aromatic nitrogens is 2. The highest BCUT2D eigenvalue weighted by Gasteiger charge is 2.07. The molecule has 3 N–H and O–H groups in total. The number of nitrogen functional groups attached to an aromatic ring is 1. The van der Waals surface area contributed by atoms with Crippen molar-refractivity contribution in [3.05, 3.63) is 45.7 Å². The van der Waals surface area contributed by atoms with Gasteiger partial charge in [0.25, 0.3) is 0 Å². The molecular formula is C15H18Cl2N4. The standard InChI is InChI=1S/C15H18Cl2N4/c1-9(2)15-20-13(18)8-14(21-15)19-6-5-10-3-4-11(16)7-12(10)17/h3-4,7-9H,5-6H2,1-2H3,(H3,18,19,20,21). The number of hydrogen-bond donors (Lipinski definition) is 2. The Bertz CT molecular complexity index is 629. The summed E-state index contributed by atoms with van der Waals surface area (Å²) in [4.78, 5) is 8.66. The lowest BCUT2D eigenvalue weighted by molar-refractivity contribution is 0.776. The topological polar surface area (TPSA) is 63.8 Å². The molecule has 0 aliphatic rings. The third kappa shape index (κ3) is 4.48. The molecule has 112 valence electrons. The van der Waals surface area contributed by atoms with Crippen molar-refractivity contribution in [3.63, 3.8) is 0 Å². The van der Waals surface area contributed by atoms with Crippen LogP contribution in [0, 0.1) is 0 Å². The van der Waals surface area contributed by atoms with Crippen LogP contribution < -0.4 is 11.1 Å². The molecule has 1 aromatic carbocycles. The van der Waals surface area contributed by atoms with Crippen LogP contribution in [0.1, 0.15) is 31.2 Å². The molecule has 0 spiro atoms. The summed E-state index contributed by atoms with van der Waals surface area (Å²) in [7, 11) is 0. The van der Waals surface area contributed by atoms with Gasteiger partial charge in [-0.05, 0) is 24.1 Å². The first kappa shape index (κ1) is 15.9. The Morgan fingerprint density at radius 3 is 2.62 bits per heavy atom. The third-order valence-corrected chi connectivity index (χ3v) is 3.58. The third-order valence-electron chi connectivity index (χ3n) is 3.00. The van der Waals surface area contributed by atoms with Crippen LogP contribution in [0.3, 0.4) is 0 Å². The number of nitrogens with one attached hydrogen (secondary N) is 1. The molecular weight excluding hydrogens is 307 g/mol. The summed E-state index contributed by atoms with van der Waals surface area (Å²) in [6, 6.07) is 7.25. The summed E-state index contributed by atoms with van der Waals surface area (Å²) in [6.07, 6.45) is 0.775. The van der Waals surface area contributed by atoms with Gasteiger partial charge in [-0.25, -0.2) is 9.97 Å². The molecule has 1 aromatic heterocycles. The van der Waals surface area contributed by atoms with Gasteiger partial charge in [0.1, 0.15) is 17.5 Å². The molecule has 0 unspecified atom stereocenters. The first-order valence-corrected chi connectivity index (χ1v) is 7.53. The Labute approximate surface area is 134 Å². The molecule has 0 aliphatic heterocycles. The quantitative estimate of drug-likeness (QED) is 0.867. The van der Waals surface area contributed by atoms with Gasteiger partial charge in [-0.1, -0.05) is 43.1 Å². The summed E-state index contributed by atoms with van der Waals surface area (Å²) in [5, 5.41) is 4.56. The summed E-state index contributed by atoms with van der Waals surface area (Å²) in [6.45, 7) is 4.77. The zero-order chi connectivity index (χ0) is 15.4. The molecule has 0 fully saturated rings. The normalized spacial score (nSPS) is 10.9. The van der Waals surface area contributed by atoms with Gasteiger partial charge in [-0.2, -0.15) is 0 Å². The minimum absolute atomic E-state index is 0.236. The van der Waals surface area contributed by atoms with Gasteiger partial charge < -0.3 is 11.1 Å². The van der Waals surface area contributed by atoms with Gasteiger partial charge in [0, 0.05) is 28.6 Å². The van der Waals surface area contributed by atoms with Crippen molar-refractivity contribution in [3.8, 4) is 0 Å². The van der Waals surface area contributed by atoms with E-state index in [1.54, 1.807) is 12.1 Å². The summed E-state index contributed by atoms with van der Waals surface area (Å²) in [5.41, 5.74) is 6.84. The zero-order valence-corrected chi connectivity index (χ0v) is 13.5. The first-order valence-electron chi connectivity index (χ1n) is 6.78. The highest BCUT2D eigenvalue weighted by atomic mass is 35.5. The Balaban J connectivity index is 2.00. The second-order valence-corrected chi connectivity index (χ2v) is 5.95. The van der Waals surface area contributed by atoms with E-state index in [9.17, 15) is 0 Å². The highest BCUT2D eigenvalue weighted by Crippen LogP contribution is 2.21. The Hall–Kier alpha value is -1.52. The number of nitrogens with zero attached hydrogens (tertiary/aromatic N) is 2. The van der Waals surface area contributed by atoms with E-state index in [2.05, 4.69) is 15.3 Å². The number of nitrogens with two attached hydrogens (primary N) is 1. The van der Waals surface area contributed by atoms with Gasteiger partial charge in [-0.3, -0.25) is 0 Å². The van der Waals surface area contributed by atoms with E-state index in [4.69, 9.17) is 28.9 Å². The van der Waals surface area contributed by atoms with Gasteiger partial charge in [0.15, 0.2) is 0 Å². The summed E-state index contributed by atoms with van der Waals surface area (Å²) < 4.78 is 0. The van der Waals surface area contributed by atoms with E-state index in [0.717, 1.165) is 23.6 Å². The van der Waals surface area contributed by atoms with Crippen LogP contribution in [0.15, 0.2) is 24.3 Å². The Morgan fingerprint density at radius 1 is 1.19 bits per heavy atom. The second-order valence-electron chi connectivity index (χ2n) is 5.10. The van der Waals surface area contributed by atoms with Crippen molar-refractivity contribution in [2.75, 3.05) is 17.6 Å². The van der Waals surface area contributed by atoms with Gasteiger partial charge >= 0.3 is 0 Å². The molecule has 0 aliphatic carbocycles. The fraction of sp³-hybridized carbons (Fsp3) is 0.333. The molecule has 0 atom stereocenters. The maximum absolute atomic E-state index is 6.15. The van der Waals surface area contributed by atoms with E-state index >= 15 is 0 Å². The molecule has 6 heteroatoms. The predicted molar refractivity (Wildman–Crippen MR) is 89.2 cm³/mol. The fourth-order valence-corrected chi connectivity index (χ4v) is 2.39. The molecule has 2 aromatic rings. The minimum atomic E-state index is 0.236. The van der Waals surface area contributed by atoms with E-state index in [0.29, 0.717) is 22.4 Å². The maximum Gasteiger partial charge on any atom is 0.135 e. The van der Waals surface area contributed by atoms with E-state index in [1.807, 2.05) is 26.0 Å². The van der Waals surface area contributed by atoms with Gasteiger partial charge in [-0.15, -0.1) is 0 Å². The van der Waals surface area contributed by atoms with Crippen molar-refractivity contribution in [2.45, 2.75) is 26.2 Å². The molecule has 21 heavy (non-hydrogen) atoms. The van der Waals surface area contributed by atoms with Crippen LogP contribution in [-0.2, 0) is 6.42 Å². The lowest BCUT2D eigenvalue weighted by atomic mass is 10.1. The van der Waals surface area contributed by atoms with E-state index in [1.165, 1.54) is 0 Å². The largest absolute Gasteiger partial charge is 0.384 e. The fourth-order valence-electron chi connectivity index (χ4n) is 1.88. The Morgan fingerprint density at radius 2 is 1.95 bits per heavy atom. The molecule has 2 rings (SSSR count). The summed E-state index contributed by atoms with van der Waals surface area (Å²) >= 11 is 12.0. The van der Waals surface area contributed by atoms with Gasteiger partial charge in [0.2, 0.25) is 0 Å². The molecule has 0 radical (unpaired) electrons. The molecule has 1 heterocycles. The van der Waals surface area contributed by atoms with Crippen LogP contribution in [0.5, 0.6) is 0 Å². The van der Waals surface area contributed by atoms with Gasteiger partial charge in [0.05, 0.1) is 0 Å². The van der Waals surface area contributed by atoms with E-state index in [-0.39, 0.29) is 5.92 Å². The molecule has 0 amide bonds. The predicted octanol–water partition coefficient (Wildman–Crippen LogP) is 4.14. The zero-order valence-electron chi connectivity index (χ0n) is 12.0. The van der Waals surface area contributed by atoms with E-state index < -0.39 is 0 Å². The van der Waals surface area contributed by atoms with Crippen LogP contribution in [0.2, 0.25) is 10.0 Å². The van der Waals surface area contributed by atoms with Crippen molar-refractivity contribution < 1.29 is 0 Å². The summed E-state index contributed by atoms with van der Waals surface area (Å²) in [5.74, 6) is 2.18. The second kappa shape index (κ2) is 6.96. The highest BCUT2D eigenvalue weighted by molar-refractivity contribution is 6.35. The number of hydrogen-bond acceptors (Lipinski definition) is 4. The lowest BCUT2D eigenvalue weighted by Gasteiger charge is -2.10. The first-order chi connectivity index (χ1) is 9.95. The molecule has 0 saturated heterocycles. The van der Waals surface area contributed by atoms with Crippen molar-refractivity contribution >= 4 is 34.8 Å². The Kier molecular flexibility index (Phi) is 5.26. The SMILES string of the molecule is CC(C)c1nc(N)cc(NCCc2ccc(Cl)cc2Cl)n1. The average molecular weight is 325 g/mol. The van der Waals surface area contributed by atoms with Crippen molar-refractivity contribution in [1.82, 2.24) is 9.97 Å². The van der Waals surface area contributed by atoms with Crippen molar-refractivity contribution in [2.24, 2.45) is 0 Å². The van der Waals surface area contributed by atoms with Crippen LogP contribution in [0.25, 0.3) is 0 Å². The van der Waals surface area contributed by atoms with Crippen LogP contribution >= 0.6 is 23.2 Å². The van der Waals surface area contributed by atoms with Crippen LogP contribution in [0.4, 0.5) is 11.6 Å². The monoisotopic (exact) mass is 324 g/mol. The number of rotatable bonds is 5. The molecule has 0 bridgehead atoms. The number of halogens is 2. The minimum Gasteiger partial charge on any atom is -0.384 e. The maximum atomic E-state index is 6.15. The molecule has 4 nitrogen and oxygen atoms in total. The van der Waals surface area contributed by atoms with Crippen molar-refractivity contribution in [1.29, 1.82) is 0 Å². The molecule has 0 saturated carbocycles. The average Bonchev–Trinajstić information content (AvgIpc) is 2.40.